The van der Waals surface area contributed by atoms with E-state index in [-0.39, 0.29) is 12.8 Å². The van der Waals surface area contributed by atoms with Crippen molar-refractivity contribution >= 4 is 5.91 Å². The lowest BCUT2D eigenvalue weighted by atomic mass is 9.98. The minimum Gasteiger partial charge on any atom is -0.394 e. The minimum absolute atomic E-state index is 0.241. The average Bonchev–Trinajstić information content (AvgIpc) is 3.25. The van der Waals surface area contributed by atoms with E-state index < -0.39 is 74.2 Å². The van der Waals surface area contributed by atoms with Crippen molar-refractivity contribution in [3.8, 4) is 0 Å². The van der Waals surface area contributed by atoms with Crippen LogP contribution in [-0.4, -0.2) is 110 Å². The predicted molar refractivity (Wildman–Crippen MR) is 242 cm³/mol. The molecule has 0 aromatic rings. The summed E-state index contributed by atoms with van der Waals surface area (Å²) in [5, 5.41) is 75.7. The largest absolute Gasteiger partial charge is 0.394 e. The Balaban J connectivity index is 2.45. The fourth-order valence-electron chi connectivity index (χ4n) is 7.85. The van der Waals surface area contributed by atoms with Gasteiger partial charge in [-0.25, -0.2) is 0 Å². The molecule has 9 atom stereocenters. The second-order valence-corrected chi connectivity index (χ2v) is 17.5. The van der Waals surface area contributed by atoms with Gasteiger partial charge in [-0.15, -0.1) is 0 Å². The Morgan fingerprint density at radius 1 is 0.567 bits per heavy atom. The van der Waals surface area contributed by atoms with Crippen molar-refractivity contribution in [3.05, 3.63) is 24.3 Å². The van der Waals surface area contributed by atoms with E-state index in [1.807, 2.05) is 0 Å². The quantitative estimate of drug-likeness (QED) is 0.0218. The van der Waals surface area contributed by atoms with E-state index in [9.17, 15) is 40.5 Å². The third-order valence-corrected chi connectivity index (χ3v) is 12.0. The van der Waals surface area contributed by atoms with Crippen LogP contribution >= 0.6 is 0 Å². The van der Waals surface area contributed by atoms with E-state index in [2.05, 4.69) is 43.5 Å². The minimum atomic E-state index is -1.67. The molecule has 1 rings (SSSR count). The molecule has 0 aromatic heterocycles. The van der Waals surface area contributed by atoms with Gasteiger partial charge in [0.25, 0.3) is 0 Å². The number of carbonyl (C=O) groups is 1. The molecule has 8 N–H and O–H groups in total. The van der Waals surface area contributed by atoms with Crippen LogP contribution in [0.3, 0.4) is 0 Å². The number of amides is 1. The highest BCUT2D eigenvalue weighted by Crippen LogP contribution is 2.23. The molecule has 0 saturated carbocycles. The summed E-state index contributed by atoms with van der Waals surface area (Å²) in [6, 6.07) is -1.19. The standard InChI is InChI=1S/C49H93NO10/c1-3-5-7-9-11-13-15-17-19-21-23-25-27-29-31-33-35-37-42(53)48(58)50-40(39-59-49-47(57)46(56)45(55)43(38-51)60-49)44(54)41(52)36-34-32-30-28-26-24-22-20-18-16-14-12-10-8-6-4-2/h23,25,28,30,40-47,49,51-57H,3-22,24,26-27,29,31-39H2,1-2H3,(H,50,58)/b25-23-,30-28+. The number of allylic oxidation sites excluding steroid dienone is 4. The third kappa shape index (κ3) is 28.3. The molecule has 1 amide bonds. The fourth-order valence-corrected chi connectivity index (χ4v) is 7.85. The molecule has 60 heavy (non-hydrogen) atoms. The van der Waals surface area contributed by atoms with Crippen molar-refractivity contribution in [2.75, 3.05) is 13.2 Å². The van der Waals surface area contributed by atoms with Gasteiger partial charge in [-0.1, -0.05) is 173 Å². The Kier molecular flexibility index (Phi) is 37.0. The number of nitrogens with one attached hydrogen (secondary N) is 1. The van der Waals surface area contributed by atoms with Gasteiger partial charge < -0.3 is 50.5 Å². The summed E-state index contributed by atoms with van der Waals surface area (Å²) >= 11 is 0. The molecule has 1 fully saturated rings. The highest BCUT2D eigenvalue weighted by Gasteiger charge is 2.44. The summed E-state index contributed by atoms with van der Waals surface area (Å²) in [5.74, 6) is -0.714. The van der Waals surface area contributed by atoms with Gasteiger partial charge in [0.15, 0.2) is 6.29 Å². The lowest BCUT2D eigenvalue weighted by Crippen LogP contribution is -2.60. The van der Waals surface area contributed by atoms with E-state index in [1.165, 1.54) is 122 Å². The summed E-state index contributed by atoms with van der Waals surface area (Å²) in [4.78, 5) is 13.1. The summed E-state index contributed by atoms with van der Waals surface area (Å²) < 4.78 is 11.1. The zero-order valence-electron chi connectivity index (χ0n) is 38.2. The average molecular weight is 856 g/mol. The molecule has 1 aliphatic rings. The molecule has 354 valence electrons. The van der Waals surface area contributed by atoms with Gasteiger partial charge in [0.2, 0.25) is 5.91 Å². The lowest BCUT2D eigenvalue weighted by molar-refractivity contribution is -0.303. The Hall–Kier alpha value is -1.41. The summed E-state index contributed by atoms with van der Waals surface area (Å²) in [6.07, 6.45) is 32.2. The van der Waals surface area contributed by atoms with E-state index in [0.717, 1.165) is 51.4 Å². The van der Waals surface area contributed by atoms with Crippen LogP contribution in [-0.2, 0) is 14.3 Å². The van der Waals surface area contributed by atoms with Gasteiger partial charge in [0.05, 0.1) is 25.4 Å². The number of aliphatic hydroxyl groups excluding tert-OH is 7. The van der Waals surface area contributed by atoms with E-state index in [1.54, 1.807) is 0 Å². The number of hydrogen-bond donors (Lipinski definition) is 8. The van der Waals surface area contributed by atoms with Crippen molar-refractivity contribution in [2.24, 2.45) is 0 Å². The molecule has 0 spiro atoms. The molecule has 1 saturated heterocycles. The first kappa shape index (κ1) is 56.6. The Morgan fingerprint density at radius 3 is 1.43 bits per heavy atom. The molecular formula is C49H93NO10. The van der Waals surface area contributed by atoms with E-state index >= 15 is 0 Å². The molecular weight excluding hydrogens is 763 g/mol. The number of ether oxygens (including phenoxy) is 2. The summed E-state index contributed by atoms with van der Waals surface area (Å²) in [7, 11) is 0. The number of hydrogen-bond acceptors (Lipinski definition) is 10. The molecule has 0 radical (unpaired) electrons. The maximum Gasteiger partial charge on any atom is 0.249 e. The van der Waals surface area contributed by atoms with Crippen LogP contribution in [0.15, 0.2) is 24.3 Å². The molecule has 0 aromatic carbocycles. The lowest BCUT2D eigenvalue weighted by Gasteiger charge is -2.40. The van der Waals surface area contributed by atoms with Crippen molar-refractivity contribution < 1.29 is 50.0 Å². The first-order valence-corrected chi connectivity index (χ1v) is 24.7. The monoisotopic (exact) mass is 856 g/mol. The van der Waals surface area contributed by atoms with E-state index in [4.69, 9.17) is 9.47 Å². The van der Waals surface area contributed by atoms with E-state index in [0.29, 0.717) is 12.8 Å². The van der Waals surface area contributed by atoms with Crippen LogP contribution in [0.4, 0.5) is 0 Å². The van der Waals surface area contributed by atoms with Gasteiger partial charge in [-0.3, -0.25) is 4.79 Å². The molecule has 1 heterocycles. The number of unbranched alkanes of at least 4 members (excludes halogenated alkanes) is 25. The van der Waals surface area contributed by atoms with Gasteiger partial charge in [-0.05, 0) is 64.2 Å². The zero-order valence-corrected chi connectivity index (χ0v) is 38.2. The smallest absolute Gasteiger partial charge is 0.249 e. The van der Waals surface area contributed by atoms with Gasteiger partial charge in [-0.2, -0.15) is 0 Å². The number of aliphatic hydroxyl groups is 7. The second kappa shape index (κ2) is 39.2. The third-order valence-electron chi connectivity index (χ3n) is 12.0. The molecule has 9 unspecified atom stereocenters. The highest BCUT2D eigenvalue weighted by molar-refractivity contribution is 5.80. The van der Waals surface area contributed by atoms with Crippen LogP contribution in [0.5, 0.6) is 0 Å². The van der Waals surface area contributed by atoms with Gasteiger partial charge >= 0.3 is 0 Å². The van der Waals surface area contributed by atoms with Gasteiger partial charge in [0, 0.05) is 0 Å². The molecule has 11 nitrogen and oxygen atoms in total. The van der Waals surface area contributed by atoms with Crippen molar-refractivity contribution in [1.82, 2.24) is 5.32 Å². The Labute approximate surface area is 365 Å². The summed E-state index contributed by atoms with van der Waals surface area (Å²) in [5.41, 5.74) is 0. The first-order valence-electron chi connectivity index (χ1n) is 24.7. The highest BCUT2D eigenvalue weighted by atomic mass is 16.7. The second-order valence-electron chi connectivity index (χ2n) is 17.5. The Morgan fingerprint density at radius 2 is 0.983 bits per heavy atom. The number of carbonyl (C=O) groups excluding carboxylic acids is 1. The van der Waals surface area contributed by atoms with Crippen molar-refractivity contribution in [3.63, 3.8) is 0 Å². The zero-order chi connectivity index (χ0) is 44.1. The van der Waals surface area contributed by atoms with Crippen molar-refractivity contribution in [1.29, 1.82) is 0 Å². The normalized spacial score (nSPS) is 21.8. The fraction of sp³-hybridized carbons (Fsp3) is 0.898. The topological polar surface area (TPSA) is 189 Å². The molecule has 1 aliphatic heterocycles. The maximum absolute atomic E-state index is 13.1. The van der Waals surface area contributed by atoms with Crippen LogP contribution in [0, 0.1) is 0 Å². The SMILES string of the molecule is CCCCCCCCCCC/C=C\CCCCCCC(O)C(=O)NC(COC1OC(CO)C(O)C(O)C1O)C(O)C(O)CCC/C=C/CCCCCCCCCCCCC. The van der Waals surface area contributed by atoms with Crippen LogP contribution in [0.2, 0.25) is 0 Å². The van der Waals surface area contributed by atoms with Crippen LogP contribution in [0.1, 0.15) is 213 Å². The van der Waals surface area contributed by atoms with Crippen LogP contribution < -0.4 is 5.32 Å². The van der Waals surface area contributed by atoms with Gasteiger partial charge in [0.1, 0.15) is 36.6 Å². The van der Waals surface area contributed by atoms with Crippen LogP contribution in [0.25, 0.3) is 0 Å². The molecule has 0 bridgehead atoms. The Bertz CT molecular complexity index is 1030. The van der Waals surface area contributed by atoms with Crippen molar-refractivity contribution in [2.45, 2.75) is 268 Å². The number of rotatable bonds is 41. The summed E-state index contributed by atoms with van der Waals surface area (Å²) in [6.45, 7) is 3.43. The first-order chi connectivity index (χ1) is 29.2. The maximum atomic E-state index is 13.1. The molecule has 11 heteroatoms. The molecule has 0 aliphatic carbocycles. The predicted octanol–water partition coefficient (Wildman–Crippen LogP) is 8.62.